The second-order valence-corrected chi connectivity index (χ2v) is 23.3. The normalized spacial score (nSPS) is 30.6. The number of fused-ring (bicyclic) bond motifs is 15. The number of aryl methyl sites for hydroxylation is 2. The Morgan fingerprint density at radius 1 is 0.850 bits per heavy atom. The van der Waals surface area contributed by atoms with Crippen LogP contribution in [0.25, 0.3) is 5.52 Å². The maximum Gasteiger partial charge on any atom is 0.312 e. The van der Waals surface area contributed by atoms with Crippen molar-refractivity contribution in [2.45, 2.75) is 150 Å². The van der Waals surface area contributed by atoms with Crippen molar-refractivity contribution < 1.29 is 62.6 Å². The molecule has 19 heteroatoms. The zero-order valence-corrected chi connectivity index (χ0v) is 47.8. The standard InChI is InChI=1S/C61H76FN5O13/c1-29-14-13-15-30(2)59(75)63-47-50(65-22-18-39(19-23-65)64(11)40-20-24-66(27-40)49-33(5)48-41(38-16-17-38)26-31(3)60(76)67(48)28-42(49)62)55(73)44-45(54(47)72)53(71)36(8)57-46(44)58(74)61(10,80-57)78-25-21-43(77-12)32(4)56(79-37(9)68)35(7)52(70)34(6)51(29)69/h13-15,21,25-26,28-29,32,34-35,38-40,43,51-52,56,69-71H,16-20,22-24,27H2,1-12H3,(H,63,75)/b14-13+,25-21+,30-15-/t29-,32+,34+,35+,40?,43-,51-,52+,56+,61-/m0/s1. The highest BCUT2D eigenvalue weighted by Crippen LogP contribution is 2.50. The van der Waals surface area contributed by atoms with E-state index in [-0.39, 0.29) is 70.1 Å². The van der Waals surface area contributed by atoms with Crippen molar-refractivity contribution in [1.82, 2.24) is 19.5 Å². The minimum atomic E-state index is -2.13. The molecule has 2 aliphatic carbocycles. The average molecular weight is 1110 g/mol. The van der Waals surface area contributed by atoms with Crippen LogP contribution in [0.3, 0.4) is 0 Å². The summed E-state index contributed by atoms with van der Waals surface area (Å²) in [6.45, 7) is 17.7. The fraction of sp³-hybridized carbons (Fsp3) is 0.541. The van der Waals surface area contributed by atoms with Gasteiger partial charge in [-0.2, -0.15) is 0 Å². The van der Waals surface area contributed by atoms with Crippen molar-refractivity contribution in [3.63, 3.8) is 0 Å². The van der Waals surface area contributed by atoms with Gasteiger partial charge in [0.2, 0.25) is 11.6 Å². The molecule has 3 fully saturated rings. The number of benzene rings is 1. The molecule has 7 heterocycles. The van der Waals surface area contributed by atoms with E-state index in [4.69, 9.17) is 18.9 Å². The lowest BCUT2D eigenvalue weighted by molar-refractivity contribution is -0.160. The number of piperidine rings is 1. The number of aliphatic hydroxyl groups is 2. The largest absolute Gasteiger partial charge is 0.507 e. The number of likely N-dealkylation sites (N-methyl/N-ethyl adjacent to an activating group) is 1. The summed E-state index contributed by atoms with van der Waals surface area (Å²) < 4.78 is 41.6. The van der Waals surface area contributed by atoms with E-state index in [1.165, 1.54) is 63.8 Å². The molecule has 5 aliphatic heterocycles. The number of rotatable bonds is 7. The van der Waals surface area contributed by atoms with Gasteiger partial charge in [0.05, 0.1) is 58.7 Å². The van der Waals surface area contributed by atoms with Crippen molar-refractivity contribution in [3.05, 3.63) is 115 Å². The zero-order chi connectivity index (χ0) is 58.1. The molecule has 430 valence electrons. The van der Waals surface area contributed by atoms with Crippen LogP contribution in [0.2, 0.25) is 0 Å². The second-order valence-electron chi connectivity index (χ2n) is 23.3. The van der Waals surface area contributed by atoms with Gasteiger partial charge in [0, 0.05) is 99.6 Å². The highest BCUT2D eigenvalue weighted by atomic mass is 19.1. The van der Waals surface area contributed by atoms with E-state index in [2.05, 4.69) is 15.1 Å². The fourth-order valence-corrected chi connectivity index (χ4v) is 12.9. The minimum Gasteiger partial charge on any atom is -0.507 e. The zero-order valence-electron chi connectivity index (χ0n) is 47.8. The minimum absolute atomic E-state index is 0.00583. The van der Waals surface area contributed by atoms with E-state index >= 15 is 14.0 Å². The first-order valence-corrected chi connectivity index (χ1v) is 27.9. The molecule has 4 N–H and O–H groups in total. The van der Waals surface area contributed by atoms with Gasteiger partial charge >= 0.3 is 11.8 Å². The number of halogens is 1. The number of ketones is 3. The monoisotopic (exact) mass is 1110 g/mol. The topological polar surface area (TPSA) is 226 Å². The number of amides is 1. The van der Waals surface area contributed by atoms with Gasteiger partial charge in [-0.25, -0.2) is 4.39 Å². The predicted molar refractivity (Wildman–Crippen MR) is 296 cm³/mol. The first kappa shape index (κ1) is 58.0. The lowest BCUT2D eigenvalue weighted by atomic mass is 9.78. The molecule has 1 unspecified atom stereocenters. The van der Waals surface area contributed by atoms with Crippen LogP contribution in [-0.2, 0) is 23.8 Å². The molecule has 80 heavy (non-hydrogen) atoms. The number of carbonyl (C=O) groups is 5. The summed E-state index contributed by atoms with van der Waals surface area (Å²) in [7, 11) is 3.47. The number of methoxy groups -OCH3 is 1. The Labute approximate surface area is 465 Å². The number of allylic oxidation sites excluding steroid dienone is 4. The number of phenols is 1. The summed E-state index contributed by atoms with van der Waals surface area (Å²) in [4.78, 5) is 91.4. The summed E-state index contributed by atoms with van der Waals surface area (Å²) in [6.07, 6.45) is 8.53. The smallest absolute Gasteiger partial charge is 0.312 e. The summed E-state index contributed by atoms with van der Waals surface area (Å²) in [5.74, 6) is -9.50. The number of esters is 1. The van der Waals surface area contributed by atoms with E-state index in [9.17, 15) is 34.5 Å². The van der Waals surface area contributed by atoms with Crippen LogP contribution >= 0.6 is 0 Å². The van der Waals surface area contributed by atoms with Gasteiger partial charge in [0.15, 0.2) is 5.82 Å². The molecule has 18 nitrogen and oxygen atoms in total. The van der Waals surface area contributed by atoms with E-state index < -0.39 is 100 Å². The number of anilines is 1. The Bertz CT molecular complexity index is 3240. The van der Waals surface area contributed by atoms with Crippen LogP contribution in [0, 0.1) is 50.3 Å². The SMILES string of the molecule is CO[C@H]1/C=C/O[C@@]2(C)Oc3c(C)c(O)c4c(c3C2=O)C(=O)C(N2CCC(N(C)C3CCN(c5c(F)cn6c(=O)c(C)cc(C7CC7)c6c5C)C3)CC2)=C(NC(=O)/C(C)=C\C=C\[C@H](C)[C@H](O)[C@@H](C)[C@@H](O)[C@@H](C)[C@H](OC(C)=O)[C@@H]1C)C4=O. The van der Waals surface area contributed by atoms with Gasteiger partial charge < -0.3 is 49.4 Å². The maximum atomic E-state index is 16.2. The molecular weight excluding hydrogens is 1030 g/mol. The molecule has 1 aromatic carbocycles. The number of ether oxygens (including phenoxy) is 4. The first-order chi connectivity index (χ1) is 37.8. The number of hydrogen-bond donors (Lipinski definition) is 4. The van der Waals surface area contributed by atoms with Crippen LogP contribution in [0.4, 0.5) is 10.1 Å². The van der Waals surface area contributed by atoms with Crippen molar-refractivity contribution >= 4 is 40.4 Å². The lowest BCUT2D eigenvalue weighted by Crippen LogP contribution is -2.50. The molecule has 3 aromatic rings. The Balaban J connectivity index is 1.03. The number of aromatic nitrogens is 1. The third-order valence-electron chi connectivity index (χ3n) is 18.0. The molecule has 10 rings (SSSR count). The molecule has 1 amide bonds. The van der Waals surface area contributed by atoms with E-state index in [0.29, 0.717) is 43.1 Å². The number of Topliss-reactive ketones (excluding diaryl/α,β-unsaturated/α-hetero) is 3. The molecular formula is C61H76FN5O13. The van der Waals surface area contributed by atoms with Crippen molar-refractivity contribution in [3.8, 4) is 11.5 Å². The number of aromatic hydroxyl groups is 1. The number of phenolic OH excluding ortho intramolecular Hbond substituents is 1. The number of aliphatic hydroxyl groups excluding tert-OH is 2. The Kier molecular flexibility index (Phi) is 16.2. The maximum absolute atomic E-state index is 16.2. The van der Waals surface area contributed by atoms with Crippen molar-refractivity contribution in [2.75, 3.05) is 45.2 Å². The molecule has 5 bridgehead atoms. The third-order valence-corrected chi connectivity index (χ3v) is 18.0. The Morgan fingerprint density at radius 3 is 2.16 bits per heavy atom. The Morgan fingerprint density at radius 2 is 1.51 bits per heavy atom. The van der Waals surface area contributed by atoms with Gasteiger partial charge in [0.25, 0.3) is 17.2 Å². The predicted octanol–water partition coefficient (Wildman–Crippen LogP) is 6.88. The summed E-state index contributed by atoms with van der Waals surface area (Å²) in [5, 5.41) is 37.8. The summed E-state index contributed by atoms with van der Waals surface area (Å²) in [5.41, 5.74) is 1.90. The summed E-state index contributed by atoms with van der Waals surface area (Å²) in [6, 6.07) is 1.99. The van der Waals surface area contributed by atoms with Crippen molar-refractivity contribution in [2.24, 2.45) is 23.7 Å². The third kappa shape index (κ3) is 10.3. The molecule has 0 spiro atoms. The molecule has 1 saturated carbocycles. The molecule has 7 aliphatic rings. The van der Waals surface area contributed by atoms with Crippen LogP contribution in [0.5, 0.6) is 11.5 Å². The van der Waals surface area contributed by atoms with E-state index in [1.54, 1.807) is 51.7 Å². The number of likely N-dealkylation sites (tertiary alicyclic amines) is 1. The first-order valence-electron chi connectivity index (χ1n) is 27.9. The van der Waals surface area contributed by atoms with E-state index in [1.807, 2.05) is 20.0 Å². The number of hydrogen-bond acceptors (Lipinski definition) is 16. The lowest BCUT2D eigenvalue weighted by Gasteiger charge is -2.41. The number of pyridine rings is 2. The Hall–Kier alpha value is -6.67. The van der Waals surface area contributed by atoms with Crippen LogP contribution < -0.4 is 20.5 Å². The van der Waals surface area contributed by atoms with Crippen molar-refractivity contribution in [1.29, 1.82) is 0 Å². The average Bonchev–Trinajstić information content (AvgIpc) is 4.28. The second kappa shape index (κ2) is 22.3. The highest BCUT2D eigenvalue weighted by molar-refractivity contribution is 6.32. The van der Waals surface area contributed by atoms with Crippen LogP contribution in [-0.4, -0.2) is 141 Å². The van der Waals surface area contributed by atoms with Gasteiger partial charge in [-0.05, 0) is 96.0 Å². The number of carbonyl (C=O) groups excluding carboxylic acids is 5. The molecule has 10 atom stereocenters. The highest BCUT2D eigenvalue weighted by Gasteiger charge is 2.53. The van der Waals surface area contributed by atoms with Crippen LogP contribution in [0.1, 0.15) is 140 Å². The van der Waals surface area contributed by atoms with E-state index in [0.717, 1.165) is 35.9 Å². The molecule has 0 radical (unpaired) electrons. The van der Waals surface area contributed by atoms with Gasteiger partial charge in [-0.3, -0.25) is 38.1 Å². The van der Waals surface area contributed by atoms with Gasteiger partial charge in [-0.15, -0.1) is 0 Å². The van der Waals surface area contributed by atoms with Gasteiger partial charge in [0.1, 0.15) is 29.0 Å². The summed E-state index contributed by atoms with van der Waals surface area (Å²) >= 11 is 0. The fourth-order valence-electron chi connectivity index (χ4n) is 12.9. The quantitative estimate of drug-likeness (QED) is 0.177. The number of nitrogens with zero attached hydrogens (tertiary/aromatic N) is 4. The number of nitrogens with one attached hydrogen (secondary N) is 1. The molecule has 2 aromatic heterocycles. The van der Waals surface area contributed by atoms with Gasteiger partial charge in [-0.1, -0.05) is 45.9 Å². The van der Waals surface area contributed by atoms with Crippen LogP contribution in [0.15, 0.2) is 64.6 Å². The molecule has 2 saturated heterocycles.